The summed E-state index contributed by atoms with van der Waals surface area (Å²) in [6.45, 7) is 8.53. The molecule has 1 aromatic carbocycles. The van der Waals surface area contributed by atoms with E-state index >= 15 is 0 Å². The highest BCUT2D eigenvalue weighted by Gasteiger charge is 2.28. The second-order valence-electron chi connectivity index (χ2n) is 8.08. The molecule has 2 aromatic rings. The van der Waals surface area contributed by atoms with Crippen molar-refractivity contribution in [2.45, 2.75) is 52.7 Å². The van der Waals surface area contributed by atoms with Gasteiger partial charge in [0.2, 0.25) is 5.91 Å². The number of carbonyl (C=O) groups is 2. The Balaban J connectivity index is 1.64. The Morgan fingerprint density at radius 3 is 2.76 bits per heavy atom. The SMILES string of the molecule is COc1ccc(C)cc1CC(=O)Nc1nc2c(s1)CN(C(=O)OC(C)(C)C)CC2. The van der Waals surface area contributed by atoms with Crippen LogP contribution in [-0.4, -0.2) is 41.1 Å². The van der Waals surface area contributed by atoms with Crippen LogP contribution in [0, 0.1) is 6.92 Å². The molecular weight excluding hydrogens is 390 g/mol. The van der Waals surface area contributed by atoms with Gasteiger partial charge in [0.1, 0.15) is 11.4 Å². The zero-order valence-corrected chi connectivity index (χ0v) is 18.3. The summed E-state index contributed by atoms with van der Waals surface area (Å²) in [4.78, 5) is 32.0. The van der Waals surface area contributed by atoms with Gasteiger partial charge in [-0.05, 0) is 33.8 Å². The fourth-order valence-corrected chi connectivity index (χ4v) is 4.15. The molecule has 0 spiro atoms. The van der Waals surface area contributed by atoms with Gasteiger partial charge in [0.25, 0.3) is 0 Å². The molecule has 0 bridgehead atoms. The first kappa shape index (κ1) is 21.1. The van der Waals surface area contributed by atoms with E-state index < -0.39 is 5.60 Å². The zero-order valence-electron chi connectivity index (χ0n) is 17.5. The summed E-state index contributed by atoms with van der Waals surface area (Å²) in [5, 5.41) is 3.43. The molecule has 0 aliphatic carbocycles. The lowest BCUT2D eigenvalue weighted by Gasteiger charge is -2.29. The summed E-state index contributed by atoms with van der Waals surface area (Å²) in [5.41, 5.74) is 2.31. The minimum atomic E-state index is -0.527. The number of anilines is 1. The number of fused-ring (bicyclic) bond motifs is 1. The summed E-state index contributed by atoms with van der Waals surface area (Å²) >= 11 is 1.40. The van der Waals surface area contributed by atoms with Gasteiger partial charge in [-0.1, -0.05) is 29.0 Å². The fraction of sp³-hybridized carbons (Fsp3) is 0.476. The molecule has 7 nitrogen and oxygen atoms in total. The van der Waals surface area contributed by atoms with Crippen LogP contribution in [0.15, 0.2) is 18.2 Å². The van der Waals surface area contributed by atoms with Crippen molar-refractivity contribution in [1.82, 2.24) is 9.88 Å². The van der Waals surface area contributed by atoms with Crippen LogP contribution in [0.4, 0.5) is 9.93 Å². The number of nitrogens with zero attached hydrogens (tertiary/aromatic N) is 2. The van der Waals surface area contributed by atoms with Crippen LogP contribution in [0.25, 0.3) is 0 Å². The second kappa shape index (κ2) is 8.41. The van der Waals surface area contributed by atoms with E-state index in [9.17, 15) is 9.59 Å². The van der Waals surface area contributed by atoms with Crippen molar-refractivity contribution < 1.29 is 19.1 Å². The topological polar surface area (TPSA) is 80.8 Å². The predicted molar refractivity (Wildman–Crippen MR) is 113 cm³/mol. The van der Waals surface area contributed by atoms with Crippen molar-refractivity contribution >= 4 is 28.5 Å². The van der Waals surface area contributed by atoms with Crippen LogP contribution in [0.3, 0.4) is 0 Å². The van der Waals surface area contributed by atoms with Gasteiger partial charge in [-0.2, -0.15) is 0 Å². The van der Waals surface area contributed by atoms with Crippen LogP contribution >= 0.6 is 11.3 Å². The molecule has 3 rings (SSSR count). The van der Waals surface area contributed by atoms with Crippen LogP contribution in [0.1, 0.15) is 42.5 Å². The lowest BCUT2D eigenvalue weighted by molar-refractivity contribution is -0.115. The molecule has 2 heterocycles. The second-order valence-corrected chi connectivity index (χ2v) is 9.16. The molecule has 0 unspecified atom stereocenters. The molecule has 0 fully saturated rings. The van der Waals surface area contributed by atoms with Gasteiger partial charge in [-0.15, -0.1) is 0 Å². The first-order chi connectivity index (χ1) is 13.6. The Morgan fingerprint density at radius 2 is 2.07 bits per heavy atom. The van der Waals surface area contributed by atoms with Gasteiger partial charge in [0.15, 0.2) is 5.13 Å². The largest absolute Gasteiger partial charge is 0.496 e. The smallest absolute Gasteiger partial charge is 0.410 e. The summed E-state index contributed by atoms with van der Waals surface area (Å²) in [7, 11) is 1.59. The van der Waals surface area contributed by atoms with Gasteiger partial charge in [-0.25, -0.2) is 9.78 Å². The molecule has 0 radical (unpaired) electrons. The molecular formula is C21H27N3O4S. The van der Waals surface area contributed by atoms with Gasteiger partial charge in [-0.3, -0.25) is 4.79 Å². The van der Waals surface area contributed by atoms with Crippen molar-refractivity contribution in [1.29, 1.82) is 0 Å². The molecule has 8 heteroatoms. The maximum Gasteiger partial charge on any atom is 0.410 e. The van der Waals surface area contributed by atoms with Gasteiger partial charge < -0.3 is 19.7 Å². The van der Waals surface area contributed by atoms with E-state index in [1.807, 2.05) is 45.9 Å². The Hall–Kier alpha value is -2.61. The number of hydrogen-bond acceptors (Lipinski definition) is 6. The highest BCUT2D eigenvalue weighted by molar-refractivity contribution is 7.15. The Labute approximate surface area is 175 Å². The van der Waals surface area contributed by atoms with E-state index in [4.69, 9.17) is 9.47 Å². The number of benzene rings is 1. The highest BCUT2D eigenvalue weighted by atomic mass is 32.1. The van der Waals surface area contributed by atoms with E-state index in [0.29, 0.717) is 30.4 Å². The number of amides is 2. The van der Waals surface area contributed by atoms with Crippen molar-refractivity contribution in [3.05, 3.63) is 39.9 Å². The van der Waals surface area contributed by atoms with Gasteiger partial charge in [0.05, 0.1) is 25.8 Å². The number of rotatable bonds is 4. The minimum absolute atomic E-state index is 0.149. The van der Waals surface area contributed by atoms with E-state index in [1.165, 1.54) is 11.3 Å². The number of nitrogens with one attached hydrogen (secondary N) is 1. The van der Waals surface area contributed by atoms with Crippen LogP contribution < -0.4 is 10.1 Å². The maximum atomic E-state index is 12.5. The number of aryl methyl sites for hydroxylation is 1. The van der Waals surface area contributed by atoms with Crippen LogP contribution in [0.2, 0.25) is 0 Å². The van der Waals surface area contributed by atoms with E-state index in [-0.39, 0.29) is 18.4 Å². The average Bonchev–Trinajstić information content (AvgIpc) is 3.01. The number of thiazole rings is 1. The molecule has 1 aromatic heterocycles. The average molecular weight is 418 g/mol. The molecule has 156 valence electrons. The number of aromatic nitrogens is 1. The molecule has 2 amide bonds. The quantitative estimate of drug-likeness (QED) is 0.815. The lowest BCUT2D eigenvalue weighted by Crippen LogP contribution is -2.39. The normalized spacial score (nSPS) is 13.6. The predicted octanol–water partition coefficient (Wildman–Crippen LogP) is 3.93. The van der Waals surface area contributed by atoms with Crippen molar-refractivity contribution in [3.63, 3.8) is 0 Å². The fourth-order valence-electron chi connectivity index (χ4n) is 3.11. The Kier molecular flexibility index (Phi) is 6.12. The molecule has 29 heavy (non-hydrogen) atoms. The van der Waals surface area contributed by atoms with Crippen molar-refractivity contribution in [2.24, 2.45) is 0 Å². The molecule has 1 aliphatic rings. The van der Waals surface area contributed by atoms with Crippen molar-refractivity contribution in [2.75, 3.05) is 19.0 Å². The van der Waals surface area contributed by atoms with Gasteiger partial charge in [0, 0.05) is 23.4 Å². The number of ether oxygens (including phenoxy) is 2. The third kappa shape index (κ3) is 5.47. The molecule has 0 saturated carbocycles. The van der Waals surface area contributed by atoms with Gasteiger partial charge >= 0.3 is 6.09 Å². The molecule has 1 aliphatic heterocycles. The van der Waals surface area contributed by atoms with Crippen molar-refractivity contribution in [3.8, 4) is 5.75 Å². The van der Waals surface area contributed by atoms with E-state index in [0.717, 1.165) is 21.7 Å². The monoisotopic (exact) mass is 417 g/mol. The standard InChI is InChI=1S/C21H27N3O4S/c1-13-6-7-16(27-5)14(10-13)11-18(25)23-19-22-15-8-9-24(12-17(15)29-19)20(26)28-21(2,3)4/h6-7,10H,8-9,11-12H2,1-5H3,(H,22,23,25). The molecule has 1 N–H and O–H groups in total. The van der Waals surface area contributed by atoms with E-state index in [1.54, 1.807) is 12.0 Å². The Morgan fingerprint density at radius 1 is 1.31 bits per heavy atom. The summed E-state index contributed by atoms with van der Waals surface area (Å²) in [6, 6.07) is 5.76. The number of carbonyl (C=O) groups excluding carboxylic acids is 2. The number of methoxy groups -OCH3 is 1. The summed E-state index contributed by atoms with van der Waals surface area (Å²) < 4.78 is 10.8. The Bertz CT molecular complexity index is 917. The zero-order chi connectivity index (χ0) is 21.2. The minimum Gasteiger partial charge on any atom is -0.496 e. The maximum absolute atomic E-state index is 12.5. The summed E-state index contributed by atoms with van der Waals surface area (Å²) in [5.74, 6) is 0.543. The third-order valence-electron chi connectivity index (χ3n) is 4.42. The molecule has 0 atom stereocenters. The third-order valence-corrected chi connectivity index (χ3v) is 5.41. The van der Waals surface area contributed by atoms with Crippen LogP contribution in [-0.2, 0) is 28.9 Å². The first-order valence-electron chi connectivity index (χ1n) is 9.54. The lowest BCUT2D eigenvalue weighted by atomic mass is 10.1. The number of hydrogen-bond donors (Lipinski definition) is 1. The molecule has 0 saturated heterocycles. The first-order valence-corrected chi connectivity index (χ1v) is 10.4. The highest BCUT2D eigenvalue weighted by Crippen LogP contribution is 2.29. The summed E-state index contributed by atoms with van der Waals surface area (Å²) in [6.07, 6.45) is 0.528. The van der Waals surface area contributed by atoms with E-state index in [2.05, 4.69) is 10.3 Å². The van der Waals surface area contributed by atoms with Crippen LogP contribution in [0.5, 0.6) is 5.75 Å².